The zero-order valence-corrected chi connectivity index (χ0v) is 11.0. The molecule has 0 saturated heterocycles. The summed E-state index contributed by atoms with van der Waals surface area (Å²) in [6.07, 6.45) is 4.05. The molecule has 0 aliphatic rings. The molecule has 3 heteroatoms. The molecule has 2 N–H and O–H groups in total. The molecule has 1 heterocycles. The molecule has 1 aromatic heterocycles. The number of nitrogens with zero attached hydrogens (tertiary/aromatic N) is 1. The summed E-state index contributed by atoms with van der Waals surface area (Å²) in [5.74, 6) is 0.169. The summed E-state index contributed by atoms with van der Waals surface area (Å²) >= 11 is 0. The van der Waals surface area contributed by atoms with Gasteiger partial charge in [-0.05, 0) is 43.9 Å². The quantitative estimate of drug-likeness (QED) is 0.770. The fraction of sp³-hybridized carbons (Fsp3) is 0.571. The number of hydrogen-bond acceptors (Lipinski definition) is 3. The maximum Gasteiger partial charge on any atom is 0.164 e. The minimum atomic E-state index is 0.141. The number of carbonyl (C=O) groups is 1. The zero-order chi connectivity index (χ0) is 12.9. The van der Waals surface area contributed by atoms with Gasteiger partial charge in [0, 0.05) is 23.9 Å². The number of Topliss-reactive ketones (excluding diaryl/α,β-unsaturated/α-hetero) is 1. The predicted molar refractivity (Wildman–Crippen MR) is 70.0 cm³/mol. The van der Waals surface area contributed by atoms with Crippen molar-refractivity contribution in [1.82, 2.24) is 4.98 Å². The van der Waals surface area contributed by atoms with Gasteiger partial charge in [0.15, 0.2) is 5.78 Å². The monoisotopic (exact) mass is 234 g/mol. The number of rotatable bonds is 6. The van der Waals surface area contributed by atoms with Gasteiger partial charge in [0.1, 0.15) is 0 Å². The van der Waals surface area contributed by atoms with Crippen LogP contribution in [0.25, 0.3) is 0 Å². The van der Waals surface area contributed by atoms with Crippen molar-refractivity contribution in [2.75, 3.05) is 6.54 Å². The number of nitrogens with two attached hydrogens (primary N) is 1. The van der Waals surface area contributed by atoms with Crippen molar-refractivity contribution < 1.29 is 4.79 Å². The molecule has 0 amide bonds. The standard InChI is InChI=1S/C14H22N2O/c1-11-4-5-12(10-16-11)13(17)6-7-14(2,3)8-9-15/h4-5,10H,6-9,15H2,1-3H3. The summed E-state index contributed by atoms with van der Waals surface area (Å²) in [5.41, 5.74) is 7.34. The van der Waals surface area contributed by atoms with Crippen molar-refractivity contribution in [3.8, 4) is 0 Å². The van der Waals surface area contributed by atoms with E-state index in [-0.39, 0.29) is 11.2 Å². The predicted octanol–water partition coefficient (Wildman–Crippen LogP) is 2.73. The highest BCUT2D eigenvalue weighted by Crippen LogP contribution is 2.26. The SMILES string of the molecule is Cc1ccc(C(=O)CCC(C)(C)CCN)cn1. The van der Waals surface area contributed by atoms with Gasteiger partial charge in [0.25, 0.3) is 0 Å². The second-order valence-electron chi connectivity index (χ2n) is 5.31. The van der Waals surface area contributed by atoms with E-state index in [2.05, 4.69) is 18.8 Å². The lowest BCUT2D eigenvalue weighted by Crippen LogP contribution is -2.18. The van der Waals surface area contributed by atoms with Crippen molar-refractivity contribution in [3.63, 3.8) is 0 Å². The molecule has 0 radical (unpaired) electrons. The Balaban J connectivity index is 2.53. The van der Waals surface area contributed by atoms with E-state index in [9.17, 15) is 4.79 Å². The van der Waals surface area contributed by atoms with Gasteiger partial charge in [-0.15, -0.1) is 0 Å². The largest absolute Gasteiger partial charge is 0.330 e. The van der Waals surface area contributed by atoms with Crippen LogP contribution in [-0.2, 0) is 0 Å². The number of aryl methyl sites for hydroxylation is 1. The van der Waals surface area contributed by atoms with E-state index in [0.29, 0.717) is 18.5 Å². The molecular weight excluding hydrogens is 212 g/mol. The molecule has 3 nitrogen and oxygen atoms in total. The Labute approximate surface area is 103 Å². The fourth-order valence-corrected chi connectivity index (χ4v) is 1.74. The van der Waals surface area contributed by atoms with Crippen LogP contribution in [0.3, 0.4) is 0 Å². The number of ketones is 1. The lowest BCUT2D eigenvalue weighted by Gasteiger charge is -2.23. The van der Waals surface area contributed by atoms with Crippen LogP contribution in [0, 0.1) is 12.3 Å². The van der Waals surface area contributed by atoms with Crippen LogP contribution in [-0.4, -0.2) is 17.3 Å². The van der Waals surface area contributed by atoms with Gasteiger partial charge in [-0.3, -0.25) is 9.78 Å². The van der Waals surface area contributed by atoms with Crippen LogP contribution in [0.2, 0.25) is 0 Å². The van der Waals surface area contributed by atoms with E-state index in [1.54, 1.807) is 6.20 Å². The van der Waals surface area contributed by atoms with E-state index in [0.717, 1.165) is 18.5 Å². The highest BCUT2D eigenvalue weighted by atomic mass is 16.1. The topological polar surface area (TPSA) is 56.0 Å². The second kappa shape index (κ2) is 5.92. The lowest BCUT2D eigenvalue weighted by atomic mass is 9.83. The van der Waals surface area contributed by atoms with Crippen molar-refractivity contribution in [2.45, 2.75) is 40.0 Å². The van der Waals surface area contributed by atoms with Crippen molar-refractivity contribution in [2.24, 2.45) is 11.1 Å². The minimum absolute atomic E-state index is 0.141. The summed E-state index contributed by atoms with van der Waals surface area (Å²) in [4.78, 5) is 16.1. The van der Waals surface area contributed by atoms with Crippen LogP contribution in [0.5, 0.6) is 0 Å². The molecule has 1 rings (SSSR count). The molecule has 0 unspecified atom stereocenters. The Bertz CT molecular complexity index is 368. The zero-order valence-electron chi connectivity index (χ0n) is 11.0. The number of carbonyl (C=O) groups excluding carboxylic acids is 1. The van der Waals surface area contributed by atoms with Gasteiger partial charge in [0.05, 0.1) is 0 Å². The molecule has 0 bridgehead atoms. The third kappa shape index (κ3) is 4.65. The minimum Gasteiger partial charge on any atom is -0.330 e. The average Bonchev–Trinajstić information content (AvgIpc) is 2.27. The van der Waals surface area contributed by atoms with E-state index in [4.69, 9.17) is 5.73 Å². The van der Waals surface area contributed by atoms with Crippen LogP contribution >= 0.6 is 0 Å². The van der Waals surface area contributed by atoms with Gasteiger partial charge in [-0.25, -0.2) is 0 Å². The molecule has 17 heavy (non-hydrogen) atoms. The number of aromatic nitrogens is 1. The average molecular weight is 234 g/mol. The maximum absolute atomic E-state index is 11.9. The molecule has 1 aromatic rings. The molecule has 94 valence electrons. The molecule has 0 spiro atoms. The second-order valence-corrected chi connectivity index (χ2v) is 5.31. The maximum atomic E-state index is 11.9. The van der Waals surface area contributed by atoms with Gasteiger partial charge < -0.3 is 5.73 Å². The van der Waals surface area contributed by atoms with Gasteiger partial charge >= 0.3 is 0 Å². The molecule has 0 aromatic carbocycles. The smallest absolute Gasteiger partial charge is 0.164 e. The van der Waals surface area contributed by atoms with Gasteiger partial charge in [0.2, 0.25) is 0 Å². The highest BCUT2D eigenvalue weighted by Gasteiger charge is 2.18. The Hall–Kier alpha value is -1.22. The first-order chi connectivity index (χ1) is 7.94. The summed E-state index contributed by atoms with van der Waals surface area (Å²) in [5, 5.41) is 0. The lowest BCUT2D eigenvalue weighted by molar-refractivity contribution is 0.0961. The fourth-order valence-electron chi connectivity index (χ4n) is 1.74. The molecular formula is C14H22N2O. The van der Waals surface area contributed by atoms with Gasteiger partial charge in [-0.1, -0.05) is 13.8 Å². The first-order valence-corrected chi connectivity index (χ1v) is 6.10. The molecule has 0 saturated carbocycles. The van der Waals surface area contributed by atoms with Crippen LogP contribution in [0.15, 0.2) is 18.3 Å². The summed E-state index contributed by atoms with van der Waals surface area (Å²) in [6.45, 7) is 6.90. The first kappa shape index (κ1) is 13.8. The third-order valence-electron chi connectivity index (χ3n) is 3.08. The van der Waals surface area contributed by atoms with Crippen LogP contribution < -0.4 is 5.73 Å². The van der Waals surface area contributed by atoms with Crippen molar-refractivity contribution in [3.05, 3.63) is 29.6 Å². The summed E-state index contributed by atoms with van der Waals surface area (Å²) in [7, 11) is 0. The third-order valence-corrected chi connectivity index (χ3v) is 3.08. The van der Waals surface area contributed by atoms with Gasteiger partial charge in [-0.2, -0.15) is 0 Å². The van der Waals surface area contributed by atoms with Crippen molar-refractivity contribution >= 4 is 5.78 Å². The Kier molecular flexibility index (Phi) is 4.82. The van der Waals surface area contributed by atoms with E-state index in [1.165, 1.54) is 0 Å². The summed E-state index contributed by atoms with van der Waals surface area (Å²) < 4.78 is 0. The molecule has 0 aliphatic carbocycles. The highest BCUT2D eigenvalue weighted by molar-refractivity contribution is 5.95. The Morgan fingerprint density at radius 1 is 1.35 bits per heavy atom. The normalized spacial score (nSPS) is 11.5. The van der Waals surface area contributed by atoms with Crippen LogP contribution in [0.1, 0.15) is 49.2 Å². The molecule has 0 aliphatic heterocycles. The summed E-state index contributed by atoms with van der Waals surface area (Å²) in [6, 6.07) is 3.72. The van der Waals surface area contributed by atoms with Crippen LogP contribution in [0.4, 0.5) is 0 Å². The first-order valence-electron chi connectivity index (χ1n) is 6.10. The Morgan fingerprint density at radius 2 is 2.06 bits per heavy atom. The van der Waals surface area contributed by atoms with E-state index >= 15 is 0 Å². The molecule has 0 atom stereocenters. The van der Waals surface area contributed by atoms with Crippen molar-refractivity contribution in [1.29, 1.82) is 0 Å². The Morgan fingerprint density at radius 3 is 2.59 bits per heavy atom. The number of hydrogen-bond donors (Lipinski definition) is 1. The van der Waals surface area contributed by atoms with E-state index < -0.39 is 0 Å². The number of pyridine rings is 1. The van der Waals surface area contributed by atoms with E-state index in [1.807, 2.05) is 19.1 Å². The molecule has 0 fully saturated rings.